The molecule has 0 saturated carbocycles. The van der Waals surface area contributed by atoms with Crippen LogP contribution in [0, 0.1) is 0 Å². The number of nitrogens with two attached hydrogens (primary N) is 1. The van der Waals surface area contributed by atoms with Gasteiger partial charge in [0.25, 0.3) is 5.91 Å². The largest absolute Gasteiger partial charge is 0.478 e. The van der Waals surface area contributed by atoms with Crippen LogP contribution in [0.2, 0.25) is 0 Å². The van der Waals surface area contributed by atoms with Crippen LogP contribution < -0.4 is 5.73 Å². The molecule has 106 valence electrons. The summed E-state index contributed by atoms with van der Waals surface area (Å²) in [6.45, 7) is 3.22. The fraction of sp³-hybridized carbons (Fsp3) is 0.400. The van der Waals surface area contributed by atoms with Gasteiger partial charge in [0.2, 0.25) is 0 Å². The Labute approximate surface area is 118 Å². The third kappa shape index (κ3) is 2.36. The third-order valence-corrected chi connectivity index (χ3v) is 3.73. The molecule has 5 heteroatoms. The summed E-state index contributed by atoms with van der Waals surface area (Å²) >= 11 is 0. The van der Waals surface area contributed by atoms with Crippen molar-refractivity contribution in [2.45, 2.75) is 5.92 Å². The van der Waals surface area contributed by atoms with Crippen LogP contribution >= 0.6 is 0 Å². The lowest BCUT2D eigenvalue weighted by Crippen LogP contribution is -2.37. The molecule has 2 heterocycles. The van der Waals surface area contributed by atoms with Crippen LogP contribution in [0.15, 0.2) is 41.8 Å². The molecule has 2 aliphatic rings. The predicted molar refractivity (Wildman–Crippen MR) is 73.7 cm³/mol. The molecule has 2 aliphatic heterocycles. The molecule has 0 spiro atoms. The first-order valence-electron chi connectivity index (χ1n) is 6.82. The first-order chi connectivity index (χ1) is 9.77. The number of rotatable bonds is 3. The van der Waals surface area contributed by atoms with Crippen molar-refractivity contribution in [1.29, 1.82) is 0 Å². The molecular weight excluding hydrogens is 256 g/mol. The van der Waals surface area contributed by atoms with E-state index in [9.17, 15) is 4.79 Å². The molecule has 1 amide bonds. The third-order valence-electron chi connectivity index (χ3n) is 3.73. The molecule has 20 heavy (non-hydrogen) atoms. The summed E-state index contributed by atoms with van der Waals surface area (Å²) in [4.78, 5) is 13.9. The summed E-state index contributed by atoms with van der Waals surface area (Å²) in [7, 11) is 0. The standard InChI is InChI=1S/C15H18N2O3/c16-14(18)13-12(11-4-2-1-3-5-11)10-20-15(13)17-6-8-19-9-7-17/h1-5,12H,6-10H2,(H2,16,18). The second-order valence-corrected chi connectivity index (χ2v) is 4.96. The lowest BCUT2D eigenvalue weighted by molar-refractivity contribution is -0.115. The van der Waals surface area contributed by atoms with Gasteiger partial charge in [-0.3, -0.25) is 4.79 Å². The van der Waals surface area contributed by atoms with E-state index in [0.29, 0.717) is 31.3 Å². The van der Waals surface area contributed by atoms with Gasteiger partial charge in [-0.25, -0.2) is 0 Å². The van der Waals surface area contributed by atoms with E-state index in [1.165, 1.54) is 0 Å². The molecule has 1 fully saturated rings. The van der Waals surface area contributed by atoms with E-state index in [0.717, 1.165) is 18.7 Å². The number of carbonyl (C=O) groups is 1. The van der Waals surface area contributed by atoms with Crippen molar-refractivity contribution >= 4 is 5.91 Å². The Kier molecular flexibility index (Phi) is 3.60. The molecular formula is C15H18N2O3. The smallest absolute Gasteiger partial charge is 0.250 e. The Hall–Kier alpha value is -2.01. The van der Waals surface area contributed by atoms with Crippen molar-refractivity contribution in [2.24, 2.45) is 5.73 Å². The Morgan fingerprint density at radius 2 is 1.90 bits per heavy atom. The summed E-state index contributed by atoms with van der Waals surface area (Å²) in [6.07, 6.45) is 0. The van der Waals surface area contributed by atoms with Crippen molar-refractivity contribution in [1.82, 2.24) is 4.90 Å². The van der Waals surface area contributed by atoms with Crippen molar-refractivity contribution < 1.29 is 14.3 Å². The van der Waals surface area contributed by atoms with Crippen LogP contribution in [0.5, 0.6) is 0 Å². The van der Waals surface area contributed by atoms with Crippen molar-refractivity contribution in [3.63, 3.8) is 0 Å². The Morgan fingerprint density at radius 1 is 1.20 bits per heavy atom. The number of primary amides is 1. The maximum atomic E-state index is 11.9. The molecule has 3 rings (SSSR count). The minimum atomic E-state index is -0.405. The van der Waals surface area contributed by atoms with E-state index < -0.39 is 5.91 Å². The van der Waals surface area contributed by atoms with Crippen LogP contribution in [0.25, 0.3) is 0 Å². The molecule has 5 nitrogen and oxygen atoms in total. The van der Waals surface area contributed by atoms with Gasteiger partial charge < -0.3 is 20.1 Å². The average Bonchev–Trinajstić information content (AvgIpc) is 2.94. The zero-order valence-electron chi connectivity index (χ0n) is 11.2. The van der Waals surface area contributed by atoms with Gasteiger partial charge in [-0.2, -0.15) is 0 Å². The highest BCUT2D eigenvalue weighted by molar-refractivity contribution is 5.94. The summed E-state index contributed by atoms with van der Waals surface area (Å²) < 4.78 is 11.1. The van der Waals surface area contributed by atoms with E-state index in [1.54, 1.807) is 0 Å². The van der Waals surface area contributed by atoms with Gasteiger partial charge in [0.15, 0.2) is 5.88 Å². The minimum Gasteiger partial charge on any atom is -0.478 e. The summed E-state index contributed by atoms with van der Waals surface area (Å²) in [5.74, 6) is 0.152. The first-order valence-corrected chi connectivity index (χ1v) is 6.82. The zero-order valence-corrected chi connectivity index (χ0v) is 11.2. The van der Waals surface area contributed by atoms with Crippen LogP contribution in [0.1, 0.15) is 11.5 Å². The molecule has 1 aromatic carbocycles. The molecule has 0 aromatic heterocycles. The molecule has 1 saturated heterocycles. The number of benzene rings is 1. The lowest BCUT2D eigenvalue weighted by atomic mass is 9.93. The quantitative estimate of drug-likeness (QED) is 0.886. The SMILES string of the molecule is NC(=O)C1=C(N2CCOCC2)OCC1c1ccccc1. The van der Waals surface area contributed by atoms with E-state index in [4.69, 9.17) is 15.2 Å². The van der Waals surface area contributed by atoms with Crippen LogP contribution in [0.4, 0.5) is 0 Å². The van der Waals surface area contributed by atoms with Crippen molar-refractivity contribution in [2.75, 3.05) is 32.9 Å². The molecule has 0 bridgehead atoms. The van der Waals surface area contributed by atoms with Gasteiger partial charge in [-0.05, 0) is 5.56 Å². The van der Waals surface area contributed by atoms with E-state index >= 15 is 0 Å². The molecule has 1 unspecified atom stereocenters. The summed E-state index contributed by atoms with van der Waals surface area (Å²) in [5.41, 5.74) is 7.23. The minimum absolute atomic E-state index is 0.0773. The molecule has 2 N–H and O–H groups in total. The fourth-order valence-electron chi connectivity index (χ4n) is 2.73. The van der Waals surface area contributed by atoms with Crippen LogP contribution in [-0.4, -0.2) is 43.7 Å². The van der Waals surface area contributed by atoms with E-state index in [-0.39, 0.29) is 5.92 Å². The van der Waals surface area contributed by atoms with Crippen molar-refractivity contribution in [3.8, 4) is 0 Å². The second kappa shape index (κ2) is 5.54. The highest BCUT2D eigenvalue weighted by Crippen LogP contribution is 2.35. The van der Waals surface area contributed by atoms with E-state index in [1.807, 2.05) is 35.2 Å². The van der Waals surface area contributed by atoms with Gasteiger partial charge in [-0.1, -0.05) is 30.3 Å². The number of nitrogens with zero attached hydrogens (tertiary/aromatic N) is 1. The number of carbonyl (C=O) groups excluding carboxylic acids is 1. The van der Waals surface area contributed by atoms with E-state index in [2.05, 4.69) is 0 Å². The first kappa shape index (κ1) is 13.0. The Morgan fingerprint density at radius 3 is 2.55 bits per heavy atom. The van der Waals surface area contributed by atoms with Crippen molar-refractivity contribution in [3.05, 3.63) is 47.4 Å². The summed E-state index contributed by atoms with van der Waals surface area (Å²) in [5, 5.41) is 0. The molecule has 0 aliphatic carbocycles. The maximum Gasteiger partial charge on any atom is 0.250 e. The highest BCUT2D eigenvalue weighted by atomic mass is 16.5. The maximum absolute atomic E-state index is 11.9. The Balaban J connectivity index is 1.93. The van der Waals surface area contributed by atoms with Gasteiger partial charge >= 0.3 is 0 Å². The van der Waals surface area contributed by atoms with Gasteiger partial charge in [0.1, 0.15) is 6.61 Å². The molecule has 0 radical (unpaired) electrons. The summed E-state index contributed by atoms with van der Waals surface area (Å²) in [6, 6.07) is 9.87. The van der Waals surface area contributed by atoms with Crippen LogP contribution in [-0.2, 0) is 14.3 Å². The predicted octanol–water partition coefficient (Wildman–Crippen LogP) is 0.830. The number of hydrogen-bond acceptors (Lipinski definition) is 4. The number of ether oxygens (including phenoxy) is 2. The fourth-order valence-corrected chi connectivity index (χ4v) is 2.73. The monoisotopic (exact) mass is 274 g/mol. The lowest BCUT2D eigenvalue weighted by Gasteiger charge is -2.29. The molecule has 1 atom stereocenters. The number of hydrogen-bond donors (Lipinski definition) is 1. The van der Waals surface area contributed by atoms with Gasteiger partial charge in [-0.15, -0.1) is 0 Å². The normalized spacial score (nSPS) is 22.8. The topological polar surface area (TPSA) is 64.8 Å². The second-order valence-electron chi connectivity index (χ2n) is 4.96. The van der Waals surface area contributed by atoms with Gasteiger partial charge in [0.05, 0.1) is 24.7 Å². The molecule has 1 aromatic rings. The van der Waals surface area contributed by atoms with Crippen LogP contribution in [0.3, 0.4) is 0 Å². The zero-order chi connectivity index (χ0) is 13.9. The highest BCUT2D eigenvalue weighted by Gasteiger charge is 2.35. The Bertz CT molecular complexity index is 521. The number of amides is 1. The number of morpholine rings is 1. The van der Waals surface area contributed by atoms with Gasteiger partial charge in [0, 0.05) is 13.1 Å². The average molecular weight is 274 g/mol.